The molecule has 3 amide bonds. The van der Waals surface area contributed by atoms with Crippen LogP contribution in [0.25, 0.3) is 0 Å². The molecule has 0 spiro atoms. The van der Waals surface area contributed by atoms with Gasteiger partial charge in [-0.3, -0.25) is 19.3 Å². The van der Waals surface area contributed by atoms with Crippen LogP contribution in [0.15, 0.2) is 42.5 Å². The van der Waals surface area contributed by atoms with Crippen molar-refractivity contribution in [1.82, 2.24) is 15.1 Å². The fourth-order valence-corrected chi connectivity index (χ4v) is 3.82. The quantitative estimate of drug-likeness (QED) is 0.671. The van der Waals surface area contributed by atoms with Crippen LogP contribution in [0.5, 0.6) is 0 Å². The van der Waals surface area contributed by atoms with Gasteiger partial charge in [-0.2, -0.15) is 0 Å². The van der Waals surface area contributed by atoms with E-state index in [9.17, 15) is 14.4 Å². The van der Waals surface area contributed by atoms with Crippen LogP contribution in [0.2, 0.25) is 5.02 Å². The van der Waals surface area contributed by atoms with Gasteiger partial charge in [0.05, 0.1) is 6.54 Å². The molecule has 8 heteroatoms. The van der Waals surface area contributed by atoms with E-state index in [0.717, 1.165) is 16.8 Å². The third-order valence-corrected chi connectivity index (χ3v) is 5.82. The van der Waals surface area contributed by atoms with Crippen molar-refractivity contribution in [2.45, 2.75) is 20.3 Å². The Morgan fingerprint density at radius 2 is 1.56 bits per heavy atom. The summed E-state index contributed by atoms with van der Waals surface area (Å²) in [6.45, 7) is 6.95. The van der Waals surface area contributed by atoms with Crippen molar-refractivity contribution in [3.05, 3.63) is 64.2 Å². The highest BCUT2D eigenvalue weighted by atomic mass is 35.5. The smallest absolute Gasteiger partial charge is 0.251 e. The molecular weight excluding hydrogens is 428 g/mol. The van der Waals surface area contributed by atoms with E-state index in [1.165, 1.54) is 0 Å². The number of carbonyl (C=O) groups is 3. The van der Waals surface area contributed by atoms with Gasteiger partial charge in [0, 0.05) is 55.4 Å². The maximum absolute atomic E-state index is 12.5. The zero-order valence-corrected chi connectivity index (χ0v) is 19.2. The Kier molecular flexibility index (Phi) is 8.25. The molecule has 2 aromatic rings. The second kappa shape index (κ2) is 11.1. The minimum atomic E-state index is -0.228. The molecule has 1 fully saturated rings. The van der Waals surface area contributed by atoms with Crippen molar-refractivity contribution < 1.29 is 14.4 Å². The number of hydrogen-bond donors (Lipinski definition) is 2. The first kappa shape index (κ1) is 23.8. The summed E-state index contributed by atoms with van der Waals surface area (Å²) in [5.74, 6) is -0.276. The molecule has 1 heterocycles. The monoisotopic (exact) mass is 456 g/mol. The number of nitrogens with zero attached hydrogens (tertiary/aromatic N) is 2. The maximum atomic E-state index is 12.5. The molecule has 0 atom stereocenters. The Labute approximate surface area is 193 Å². The van der Waals surface area contributed by atoms with Crippen LogP contribution in [0.4, 0.5) is 5.69 Å². The van der Waals surface area contributed by atoms with Gasteiger partial charge in [0.15, 0.2) is 0 Å². The number of carbonyl (C=O) groups excluding carboxylic acids is 3. The standard InChI is InChI=1S/C24H29ClN4O3/c1-17-4-3-5-18(2)23(17)27-21(30)16-28-12-14-29(15-13-28)22(31)10-11-26-24(32)19-6-8-20(25)9-7-19/h3-9H,10-16H2,1-2H3,(H,26,32)(H,27,30). The molecule has 7 nitrogen and oxygen atoms in total. The zero-order valence-electron chi connectivity index (χ0n) is 18.5. The lowest BCUT2D eigenvalue weighted by Crippen LogP contribution is -2.50. The lowest BCUT2D eigenvalue weighted by Gasteiger charge is -2.34. The summed E-state index contributed by atoms with van der Waals surface area (Å²) < 4.78 is 0. The first-order valence-corrected chi connectivity index (χ1v) is 11.1. The number of piperazine rings is 1. The normalized spacial score (nSPS) is 14.2. The second-order valence-corrected chi connectivity index (χ2v) is 8.42. The average molecular weight is 457 g/mol. The molecule has 0 saturated carbocycles. The Balaban J connectivity index is 1.37. The molecule has 170 valence electrons. The molecule has 2 aromatic carbocycles. The Hall–Kier alpha value is -2.90. The van der Waals surface area contributed by atoms with Crippen LogP contribution in [0.1, 0.15) is 27.9 Å². The summed E-state index contributed by atoms with van der Waals surface area (Å²) in [7, 11) is 0. The van der Waals surface area contributed by atoms with Crippen LogP contribution < -0.4 is 10.6 Å². The summed E-state index contributed by atoms with van der Waals surface area (Å²) in [6, 6.07) is 12.5. The summed E-state index contributed by atoms with van der Waals surface area (Å²) in [5.41, 5.74) is 3.45. The SMILES string of the molecule is Cc1cccc(C)c1NC(=O)CN1CCN(C(=O)CCNC(=O)c2ccc(Cl)cc2)CC1. The van der Waals surface area contributed by atoms with Crippen LogP contribution in [-0.4, -0.2) is 66.8 Å². The molecule has 0 radical (unpaired) electrons. The molecule has 1 aliphatic rings. The van der Waals surface area contributed by atoms with Gasteiger partial charge >= 0.3 is 0 Å². The van der Waals surface area contributed by atoms with E-state index in [0.29, 0.717) is 43.3 Å². The summed E-state index contributed by atoms with van der Waals surface area (Å²) in [4.78, 5) is 40.9. The van der Waals surface area contributed by atoms with E-state index < -0.39 is 0 Å². The number of para-hydroxylation sites is 1. The molecule has 1 saturated heterocycles. The Morgan fingerprint density at radius 1 is 0.938 bits per heavy atom. The van der Waals surface area contributed by atoms with Gasteiger partial charge in [0.25, 0.3) is 5.91 Å². The molecular formula is C24H29ClN4O3. The predicted octanol–water partition coefficient (Wildman–Crippen LogP) is 2.86. The summed E-state index contributed by atoms with van der Waals surface area (Å²) in [6.07, 6.45) is 0.242. The van der Waals surface area contributed by atoms with Crippen molar-refractivity contribution in [3.8, 4) is 0 Å². The Morgan fingerprint density at radius 3 is 2.19 bits per heavy atom. The molecule has 0 bridgehead atoms. The largest absolute Gasteiger partial charge is 0.352 e. The van der Waals surface area contributed by atoms with Gasteiger partial charge in [-0.25, -0.2) is 0 Å². The van der Waals surface area contributed by atoms with Gasteiger partial charge in [0.1, 0.15) is 0 Å². The highest BCUT2D eigenvalue weighted by molar-refractivity contribution is 6.30. The number of benzene rings is 2. The van der Waals surface area contributed by atoms with Crippen LogP contribution in [0.3, 0.4) is 0 Å². The second-order valence-electron chi connectivity index (χ2n) is 7.98. The third kappa shape index (κ3) is 6.55. The van der Waals surface area contributed by atoms with Gasteiger partial charge < -0.3 is 15.5 Å². The van der Waals surface area contributed by atoms with E-state index in [2.05, 4.69) is 15.5 Å². The predicted molar refractivity (Wildman–Crippen MR) is 126 cm³/mol. The topological polar surface area (TPSA) is 81.8 Å². The number of hydrogen-bond acceptors (Lipinski definition) is 4. The molecule has 1 aliphatic heterocycles. The van der Waals surface area contributed by atoms with Gasteiger partial charge in [-0.1, -0.05) is 29.8 Å². The van der Waals surface area contributed by atoms with Crippen molar-refractivity contribution in [2.75, 3.05) is 44.6 Å². The van der Waals surface area contributed by atoms with Crippen molar-refractivity contribution in [2.24, 2.45) is 0 Å². The van der Waals surface area contributed by atoms with Crippen molar-refractivity contribution in [1.29, 1.82) is 0 Å². The van der Waals surface area contributed by atoms with Crippen molar-refractivity contribution >= 4 is 35.0 Å². The van der Waals surface area contributed by atoms with Crippen molar-refractivity contribution in [3.63, 3.8) is 0 Å². The Bertz CT molecular complexity index is 949. The summed E-state index contributed by atoms with van der Waals surface area (Å²) in [5, 5.41) is 6.34. The van der Waals surface area contributed by atoms with E-state index in [1.54, 1.807) is 29.2 Å². The van der Waals surface area contributed by atoms with E-state index in [4.69, 9.17) is 11.6 Å². The molecule has 3 rings (SSSR count). The van der Waals surface area contributed by atoms with Crippen LogP contribution in [0, 0.1) is 13.8 Å². The van der Waals surface area contributed by atoms with Gasteiger partial charge in [0.2, 0.25) is 11.8 Å². The summed E-state index contributed by atoms with van der Waals surface area (Å²) >= 11 is 5.83. The maximum Gasteiger partial charge on any atom is 0.251 e. The molecule has 2 N–H and O–H groups in total. The fourth-order valence-electron chi connectivity index (χ4n) is 3.69. The average Bonchev–Trinajstić information content (AvgIpc) is 2.77. The molecule has 0 aliphatic carbocycles. The number of aryl methyl sites for hydroxylation is 2. The molecule has 32 heavy (non-hydrogen) atoms. The third-order valence-electron chi connectivity index (χ3n) is 5.57. The number of amides is 3. The number of anilines is 1. The number of halogens is 1. The van der Waals surface area contributed by atoms with E-state index in [-0.39, 0.29) is 30.7 Å². The minimum absolute atomic E-state index is 0.000966. The highest BCUT2D eigenvalue weighted by Crippen LogP contribution is 2.19. The number of nitrogens with one attached hydrogen (secondary N) is 2. The zero-order chi connectivity index (χ0) is 23.1. The van der Waals surface area contributed by atoms with E-state index in [1.807, 2.05) is 32.0 Å². The van der Waals surface area contributed by atoms with Gasteiger partial charge in [-0.15, -0.1) is 0 Å². The minimum Gasteiger partial charge on any atom is -0.352 e. The highest BCUT2D eigenvalue weighted by Gasteiger charge is 2.22. The lowest BCUT2D eigenvalue weighted by molar-refractivity contribution is -0.132. The van der Waals surface area contributed by atoms with Crippen LogP contribution in [-0.2, 0) is 9.59 Å². The molecule has 0 aromatic heterocycles. The lowest BCUT2D eigenvalue weighted by atomic mass is 10.1. The van der Waals surface area contributed by atoms with Gasteiger partial charge in [-0.05, 0) is 49.2 Å². The number of rotatable bonds is 7. The first-order valence-electron chi connectivity index (χ1n) is 10.7. The van der Waals surface area contributed by atoms with Crippen LogP contribution >= 0.6 is 11.6 Å². The first-order chi connectivity index (χ1) is 15.3. The molecule has 0 unspecified atom stereocenters. The van der Waals surface area contributed by atoms with E-state index >= 15 is 0 Å². The fraction of sp³-hybridized carbons (Fsp3) is 0.375.